The predicted molar refractivity (Wildman–Crippen MR) is 69.8 cm³/mol. The predicted octanol–water partition coefficient (Wildman–Crippen LogP) is 2.07. The molecule has 0 radical (unpaired) electrons. The van der Waals surface area contributed by atoms with Crippen LogP contribution in [0.15, 0.2) is 30.8 Å². The molecule has 17 heavy (non-hydrogen) atoms. The van der Waals surface area contributed by atoms with E-state index in [1.807, 2.05) is 43.3 Å². The molecule has 1 aromatic rings. The zero-order valence-electron chi connectivity index (χ0n) is 10.2. The SMILES string of the molecule is C=C1c2ccccc2NC(=O)N1CCN(C)C. The van der Waals surface area contributed by atoms with Gasteiger partial charge in [-0.1, -0.05) is 24.8 Å². The Morgan fingerprint density at radius 1 is 1.35 bits per heavy atom. The van der Waals surface area contributed by atoms with Gasteiger partial charge in [0.25, 0.3) is 0 Å². The summed E-state index contributed by atoms with van der Waals surface area (Å²) in [6.45, 7) is 5.47. The lowest BCUT2D eigenvalue weighted by atomic mass is 10.1. The van der Waals surface area contributed by atoms with Crippen molar-refractivity contribution in [3.63, 3.8) is 0 Å². The number of rotatable bonds is 3. The van der Waals surface area contributed by atoms with Crippen LogP contribution in [0.1, 0.15) is 5.56 Å². The summed E-state index contributed by atoms with van der Waals surface area (Å²) in [6.07, 6.45) is 0. The average molecular weight is 231 g/mol. The van der Waals surface area contributed by atoms with Crippen molar-refractivity contribution in [2.24, 2.45) is 0 Å². The number of nitrogens with zero attached hydrogens (tertiary/aromatic N) is 2. The summed E-state index contributed by atoms with van der Waals surface area (Å²) in [7, 11) is 3.97. The first-order chi connectivity index (χ1) is 8.09. The van der Waals surface area contributed by atoms with E-state index < -0.39 is 0 Å². The molecular weight excluding hydrogens is 214 g/mol. The molecule has 1 aromatic carbocycles. The van der Waals surface area contributed by atoms with Crippen molar-refractivity contribution < 1.29 is 4.79 Å². The molecule has 0 bridgehead atoms. The highest BCUT2D eigenvalue weighted by molar-refractivity contribution is 6.02. The molecule has 0 fully saturated rings. The molecule has 4 nitrogen and oxygen atoms in total. The second-order valence-corrected chi connectivity index (χ2v) is 4.38. The summed E-state index contributed by atoms with van der Waals surface area (Å²) in [6, 6.07) is 7.62. The zero-order chi connectivity index (χ0) is 12.4. The minimum absolute atomic E-state index is 0.101. The van der Waals surface area contributed by atoms with Crippen molar-refractivity contribution in [1.29, 1.82) is 0 Å². The number of amides is 2. The Morgan fingerprint density at radius 3 is 2.76 bits per heavy atom. The standard InChI is InChI=1S/C13H17N3O/c1-10-11-6-4-5-7-12(11)14-13(17)16(10)9-8-15(2)3/h4-7H,1,8-9H2,2-3H3,(H,14,17). The second kappa shape index (κ2) is 4.59. The molecule has 2 amide bonds. The maximum absolute atomic E-state index is 11.9. The van der Waals surface area contributed by atoms with Gasteiger partial charge < -0.3 is 10.2 Å². The van der Waals surface area contributed by atoms with Crippen LogP contribution in [0.3, 0.4) is 0 Å². The van der Waals surface area contributed by atoms with Crippen molar-refractivity contribution in [3.05, 3.63) is 36.4 Å². The number of nitrogens with one attached hydrogen (secondary N) is 1. The number of benzene rings is 1. The lowest BCUT2D eigenvalue weighted by Crippen LogP contribution is -2.40. The van der Waals surface area contributed by atoms with Gasteiger partial charge in [0.15, 0.2) is 0 Å². The van der Waals surface area contributed by atoms with E-state index in [9.17, 15) is 4.79 Å². The molecule has 0 atom stereocenters. The Kier molecular flexibility index (Phi) is 3.15. The topological polar surface area (TPSA) is 35.6 Å². The third kappa shape index (κ3) is 2.31. The van der Waals surface area contributed by atoms with E-state index in [-0.39, 0.29) is 6.03 Å². The Hall–Kier alpha value is -1.81. The van der Waals surface area contributed by atoms with Crippen LogP contribution in [0.5, 0.6) is 0 Å². The van der Waals surface area contributed by atoms with Crippen molar-refractivity contribution in [1.82, 2.24) is 9.80 Å². The number of fused-ring (bicyclic) bond motifs is 1. The molecular formula is C13H17N3O. The van der Waals surface area contributed by atoms with Gasteiger partial charge in [-0.15, -0.1) is 0 Å². The fourth-order valence-corrected chi connectivity index (χ4v) is 1.83. The molecule has 1 aliphatic heterocycles. The third-order valence-corrected chi connectivity index (χ3v) is 2.82. The molecule has 0 aromatic heterocycles. The van der Waals surface area contributed by atoms with Gasteiger partial charge in [0.2, 0.25) is 0 Å². The van der Waals surface area contributed by atoms with E-state index in [1.165, 1.54) is 0 Å². The number of hydrogen-bond donors (Lipinski definition) is 1. The van der Waals surface area contributed by atoms with Crippen LogP contribution >= 0.6 is 0 Å². The Balaban J connectivity index is 2.21. The summed E-state index contributed by atoms with van der Waals surface area (Å²) in [4.78, 5) is 15.6. The average Bonchev–Trinajstić information content (AvgIpc) is 2.28. The fourth-order valence-electron chi connectivity index (χ4n) is 1.83. The lowest BCUT2D eigenvalue weighted by Gasteiger charge is -2.31. The van der Waals surface area contributed by atoms with Gasteiger partial charge in [-0.2, -0.15) is 0 Å². The van der Waals surface area contributed by atoms with Gasteiger partial charge in [0.05, 0.1) is 5.69 Å². The number of hydrogen-bond acceptors (Lipinski definition) is 2. The van der Waals surface area contributed by atoms with Gasteiger partial charge >= 0.3 is 6.03 Å². The van der Waals surface area contributed by atoms with E-state index in [0.29, 0.717) is 6.54 Å². The van der Waals surface area contributed by atoms with Crippen molar-refractivity contribution >= 4 is 17.4 Å². The van der Waals surface area contributed by atoms with Crippen molar-refractivity contribution in [2.75, 3.05) is 32.5 Å². The highest BCUT2D eigenvalue weighted by atomic mass is 16.2. The van der Waals surface area contributed by atoms with E-state index in [2.05, 4.69) is 11.9 Å². The monoisotopic (exact) mass is 231 g/mol. The van der Waals surface area contributed by atoms with Crippen LogP contribution in [-0.4, -0.2) is 43.0 Å². The molecule has 0 unspecified atom stereocenters. The smallest absolute Gasteiger partial charge is 0.308 e. The van der Waals surface area contributed by atoms with Crippen LogP contribution in [0.2, 0.25) is 0 Å². The number of carbonyl (C=O) groups excluding carboxylic acids is 1. The largest absolute Gasteiger partial charge is 0.326 e. The van der Waals surface area contributed by atoms with Gasteiger partial charge in [-0.3, -0.25) is 4.90 Å². The number of carbonyl (C=O) groups is 1. The fraction of sp³-hybridized carbons (Fsp3) is 0.308. The Morgan fingerprint density at radius 2 is 2.06 bits per heavy atom. The van der Waals surface area contributed by atoms with Gasteiger partial charge in [0.1, 0.15) is 0 Å². The first-order valence-electron chi connectivity index (χ1n) is 5.61. The maximum atomic E-state index is 11.9. The number of urea groups is 1. The summed E-state index contributed by atoms with van der Waals surface area (Å²) < 4.78 is 0. The van der Waals surface area contributed by atoms with Gasteiger partial charge in [-0.05, 0) is 20.2 Å². The van der Waals surface area contributed by atoms with Crippen LogP contribution in [0.25, 0.3) is 5.70 Å². The number of anilines is 1. The maximum Gasteiger partial charge on any atom is 0.326 e. The molecule has 90 valence electrons. The molecule has 0 saturated carbocycles. The van der Waals surface area contributed by atoms with Crippen molar-refractivity contribution in [3.8, 4) is 0 Å². The molecule has 1 aliphatic rings. The van der Waals surface area contributed by atoms with Crippen LogP contribution in [-0.2, 0) is 0 Å². The van der Waals surface area contributed by atoms with Crippen LogP contribution in [0, 0.1) is 0 Å². The second-order valence-electron chi connectivity index (χ2n) is 4.38. The molecule has 0 saturated heterocycles. The van der Waals surface area contributed by atoms with E-state index >= 15 is 0 Å². The molecule has 0 aliphatic carbocycles. The third-order valence-electron chi connectivity index (χ3n) is 2.82. The number of para-hydroxylation sites is 1. The highest BCUT2D eigenvalue weighted by Gasteiger charge is 2.25. The first-order valence-corrected chi connectivity index (χ1v) is 5.61. The van der Waals surface area contributed by atoms with Crippen LogP contribution < -0.4 is 5.32 Å². The summed E-state index contributed by atoms with van der Waals surface area (Å²) in [5, 5.41) is 2.87. The van der Waals surface area contributed by atoms with E-state index in [1.54, 1.807) is 4.90 Å². The zero-order valence-corrected chi connectivity index (χ0v) is 10.2. The Bertz CT molecular complexity index is 454. The van der Waals surface area contributed by atoms with E-state index in [4.69, 9.17) is 0 Å². The molecule has 1 N–H and O–H groups in total. The summed E-state index contributed by atoms with van der Waals surface area (Å²) in [5.74, 6) is 0. The molecule has 2 rings (SSSR count). The van der Waals surface area contributed by atoms with Crippen LogP contribution in [0.4, 0.5) is 10.5 Å². The lowest BCUT2D eigenvalue weighted by molar-refractivity contribution is 0.226. The molecule has 4 heteroatoms. The molecule has 0 spiro atoms. The van der Waals surface area contributed by atoms with Gasteiger partial charge in [-0.25, -0.2) is 4.79 Å². The minimum Gasteiger partial charge on any atom is -0.308 e. The molecule has 1 heterocycles. The first kappa shape index (κ1) is 11.7. The van der Waals surface area contributed by atoms with Crippen molar-refractivity contribution in [2.45, 2.75) is 0 Å². The quantitative estimate of drug-likeness (QED) is 0.864. The normalized spacial score (nSPS) is 14.9. The summed E-state index contributed by atoms with van der Waals surface area (Å²) >= 11 is 0. The van der Waals surface area contributed by atoms with E-state index in [0.717, 1.165) is 23.5 Å². The highest BCUT2D eigenvalue weighted by Crippen LogP contribution is 2.30. The number of likely N-dealkylation sites (N-methyl/N-ethyl adjacent to an activating group) is 1. The van der Waals surface area contributed by atoms with Gasteiger partial charge in [0, 0.05) is 24.4 Å². The Labute approximate surface area is 102 Å². The summed E-state index contributed by atoms with van der Waals surface area (Å²) in [5.41, 5.74) is 2.60. The minimum atomic E-state index is -0.101.